The molecule has 0 aromatic heterocycles. The summed E-state index contributed by atoms with van der Waals surface area (Å²) < 4.78 is 0. The Bertz CT molecular complexity index is 322. The maximum Gasteiger partial charge on any atom is 0.0653 e. The van der Waals surface area contributed by atoms with Crippen LogP contribution in [0, 0.1) is 17.8 Å². The van der Waals surface area contributed by atoms with Crippen LogP contribution in [0.15, 0.2) is 11.6 Å². The lowest BCUT2D eigenvalue weighted by Crippen LogP contribution is -2.52. The van der Waals surface area contributed by atoms with Crippen molar-refractivity contribution in [2.45, 2.75) is 64.6 Å². The smallest absolute Gasteiger partial charge is 0.0653 e. The van der Waals surface area contributed by atoms with Gasteiger partial charge in [0.15, 0.2) is 0 Å². The van der Waals surface area contributed by atoms with Gasteiger partial charge in [0.1, 0.15) is 0 Å². The Morgan fingerprint density at radius 2 is 2.00 bits per heavy atom. The Labute approximate surface area is 105 Å². The Kier molecular flexibility index (Phi) is 3.16. The van der Waals surface area contributed by atoms with Crippen LogP contribution >= 0.6 is 0 Å². The first-order valence-corrected chi connectivity index (χ1v) is 6.84. The standard InChI is InChI=1S/C15H26O2/c1-10-5-6-13-11(9-10)12(14(2,3)16)7-8-15(13,4)17/h9,11-13,16-17H,5-8H2,1-4H3/t11?,12-,13?,15-/m1/s1. The molecule has 2 heteroatoms. The largest absolute Gasteiger partial charge is 0.390 e. The summed E-state index contributed by atoms with van der Waals surface area (Å²) in [6, 6.07) is 0. The summed E-state index contributed by atoms with van der Waals surface area (Å²) in [5, 5.41) is 20.9. The van der Waals surface area contributed by atoms with Crippen molar-refractivity contribution in [1.82, 2.24) is 0 Å². The third-order valence-electron chi connectivity index (χ3n) is 4.92. The van der Waals surface area contributed by atoms with Gasteiger partial charge >= 0.3 is 0 Å². The highest BCUT2D eigenvalue weighted by molar-refractivity contribution is 5.15. The maximum atomic E-state index is 10.5. The highest BCUT2D eigenvalue weighted by atomic mass is 16.3. The van der Waals surface area contributed by atoms with Gasteiger partial charge in [-0.3, -0.25) is 0 Å². The third kappa shape index (κ3) is 2.43. The van der Waals surface area contributed by atoms with E-state index in [-0.39, 0.29) is 5.92 Å². The van der Waals surface area contributed by atoms with E-state index in [2.05, 4.69) is 13.0 Å². The fourth-order valence-corrected chi connectivity index (χ4v) is 3.88. The molecule has 2 N–H and O–H groups in total. The first-order valence-electron chi connectivity index (χ1n) is 6.84. The molecule has 0 radical (unpaired) electrons. The fraction of sp³-hybridized carbons (Fsp3) is 0.867. The van der Waals surface area contributed by atoms with E-state index >= 15 is 0 Å². The zero-order valence-electron chi connectivity index (χ0n) is 11.5. The molecule has 2 aliphatic carbocycles. The molecule has 0 aromatic carbocycles. The highest BCUT2D eigenvalue weighted by Gasteiger charge is 2.49. The molecule has 2 unspecified atom stereocenters. The van der Waals surface area contributed by atoms with Crippen LogP contribution in [0.5, 0.6) is 0 Å². The van der Waals surface area contributed by atoms with E-state index in [9.17, 15) is 10.2 Å². The van der Waals surface area contributed by atoms with Gasteiger partial charge in [-0.1, -0.05) is 11.6 Å². The quantitative estimate of drug-likeness (QED) is 0.690. The lowest BCUT2D eigenvalue weighted by atomic mass is 9.57. The van der Waals surface area contributed by atoms with Gasteiger partial charge in [0.2, 0.25) is 0 Å². The average molecular weight is 238 g/mol. The molecular weight excluding hydrogens is 212 g/mol. The Morgan fingerprint density at radius 1 is 1.35 bits per heavy atom. The number of allylic oxidation sites excluding steroid dienone is 2. The van der Waals surface area contributed by atoms with Crippen LogP contribution in [0.1, 0.15) is 53.4 Å². The summed E-state index contributed by atoms with van der Waals surface area (Å²) in [6.07, 6.45) is 6.20. The Balaban J connectivity index is 2.32. The SMILES string of the molecule is CC1=CC2C(CC1)[C@](C)(O)CC[C@H]2C(C)(C)O. The van der Waals surface area contributed by atoms with Gasteiger partial charge in [0, 0.05) is 0 Å². The summed E-state index contributed by atoms with van der Waals surface area (Å²) in [7, 11) is 0. The van der Waals surface area contributed by atoms with Gasteiger partial charge in [0.05, 0.1) is 11.2 Å². The number of hydrogen-bond acceptors (Lipinski definition) is 2. The van der Waals surface area contributed by atoms with Crippen molar-refractivity contribution in [2.24, 2.45) is 17.8 Å². The van der Waals surface area contributed by atoms with Crippen LogP contribution in [-0.2, 0) is 0 Å². The first kappa shape index (κ1) is 13.1. The van der Waals surface area contributed by atoms with E-state index in [4.69, 9.17) is 0 Å². The summed E-state index contributed by atoms with van der Waals surface area (Å²) in [4.78, 5) is 0. The van der Waals surface area contributed by atoms with Crippen LogP contribution in [0.4, 0.5) is 0 Å². The number of hydrogen-bond donors (Lipinski definition) is 2. The monoisotopic (exact) mass is 238 g/mol. The van der Waals surface area contributed by atoms with Crippen molar-refractivity contribution < 1.29 is 10.2 Å². The molecule has 4 atom stereocenters. The van der Waals surface area contributed by atoms with Gasteiger partial charge in [-0.2, -0.15) is 0 Å². The molecule has 2 rings (SSSR count). The molecular formula is C15H26O2. The van der Waals surface area contributed by atoms with Crippen LogP contribution in [-0.4, -0.2) is 21.4 Å². The summed E-state index contributed by atoms with van der Waals surface area (Å²) in [5.74, 6) is 0.937. The molecule has 0 spiro atoms. The van der Waals surface area contributed by atoms with E-state index in [0.717, 1.165) is 25.7 Å². The molecule has 2 aliphatic rings. The van der Waals surface area contributed by atoms with Crippen molar-refractivity contribution in [3.63, 3.8) is 0 Å². The lowest BCUT2D eigenvalue weighted by molar-refractivity contribution is -0.116. The number of fused-ring (bicyclic) bond motifs is 1. The zero-order chi connectivity index (χ0) is 12.8. The van der Waals surface area contributed by atoms with Gasteiger partial charge in [0.25, 0.3) is 0 Å². The Hall–Kier alpha value is -0.340. The maximum absolute atomic E-state index is 10.5. The number of rotatable bonds is 1. The molecule has 0 heterocycles. The highest BCUT2D eigenvalue weighted by Crippen LogP contribution is 2.50. The van der Waals surface area contributed by atoms with E-state index in [1.807, 2.05) is 20.8 Å². The molecule has 0 aromatic rings. The second kappa shape index (κ2) is 4.10. The minimum atomic E-state index is -0.645. The van der Waals surface area contributed by atoms with Gasteiger partial charge in [-0.05, 0) is 71.1 Å². The topological polar surface area (TPSA) is 40.5 Å². The fourth-order valence-electron chi connectivity index (χ4n) is 3.88. The van der Waals surface area contributed by atoms with Gasteiger partial charge < -0.3 is 10.2 Å². The predicted octanol–water partition coefficient (Wildman–Crippen LogP) is 2.89. The molecule has 0 amide bonds. The van der Waals surface area contributed by atoms with E-state index < -0.39 is 11.2 Å². The minimum absolute atomic E-state index is 0.281. The van der Waals surface area contributed by atoms with Crippen LogP contribution < -0.4 is 0 Å². The van der Waals surface area contributed by atoms with Crippen molar-refractivity contribution in [3.8, 4) is 0 Å². The number of aliphatic hydroxyl groups is 2. The summed E-state index contributed by atoms with van der Waals surface area (Å²) in [5.41, 5.74) is 0.218. The summed E-state index contributed by atoms with van der Waals surface area (Å²) >= 11 is 0. The van der Waals surface area contributed by atoms with Crippen LogP contribution in [0.2, 0.25) is 0 Å². The van der Waals surface area contributed by atoms with Crippen molar-refractivity contribution in [2.75, 3.05) is 0 Å². The molecule has 98 valence electrons. The Morgan fingerprint density at radius 3 is 2.59 bits per heavy atom. The molecule has 0 bridgehead atoms. The second-order valence-electron chi connectivity index (χ2n) is 6.89. The summed E-state index contributed by atoms with van der Waals surface area (Å²) in [6.45, 7) is 7.96. The van der Waals surface area contributed by atoms with Crippen LogP contribution in [0.3, 0.4) is 0 Å². The van der Waals surface area contributed by atoms with Crippen molar-refractivity contribution in [1.29, 1.82) is 0 Å². The minimum Gasteiger partial charge on any atom is -0.390 e. The molecule has 1 saturated carbocycles. The van der Waals surface area contributed by atoms with E-state index in [0.29, 0.717) is 11.8 Å². The van der Waals surface area contributed by atoms with Crippen LogP contribution in [0.25, 0.3) is 0 Å². The van der Waals surface area contributed by atoms with E-state index in [1.54, 1.807) is 0 Å². The average Bonchev–Trinajstić information content (AvgIpc) is 2.14. The van der Waals surface area contributed by atoms with Gasteiger partial charge in [-0.15, -0.1) is 0 Å². The third-order valence-corrected chi connectivity index (χ3v) is 4.92. The molecule has 17 heavy (non-hydrogen) atoms. The van der Waals surface area contributed by atoms with Gasteiger partial charge in [-0.25, -0.2) is 0 Å². The zero-order valence-corrected chi connectivity index (χ0v) is 11.5. The second-order valence-corrected chi connectivity index (χ2v) is 6.89. The lowest BCUT2D eigenvalue weighted by Gasteiger charge is -2.51. The molecule has 2 nitrogen and oxygen atoms in total. The molecule has 0 saturated heterocycles. The first-order chi connectivity index (χ1) is 7.72. The van der Waals surface area contributed by atoms with E-state index in [1.165, 1.54) is 5.57 Å². The molecule has 1 fully saturated rings. The molecule has 0 aliphatic heterocycles. The van der Waals surface area contributed by atoms with Crippen molar-refractivity contribution >= 4 is 0 Å². The normalized spacial score (nSPS) is 42.9. The predicted molar refractivity (Wildman–Crippen MR) is 69.6 cm³/mol. The van der Waals surface area contributed by atoms with Crippen molar-refractivity contribution in [3.05, 3.63) is 11.6 Å².